The van der Waals surface area contributed by atoms with Crippen LogP contribution in [0.2, 0.25) is 0 Å². The van der Waals surface area contributed by atoms with Crippen molar-refractivity contribution in [3.05, 3.63) is 51.2 Å². The molecule has 2 aromatic rings. The molecule has 0 spiro atoms. The van der Waals surface area contributed by atoms with Crippen LogP contribution in [0.25, 0.3) is 0 Å². The van der Waals surface area contributed by atoms with Crippen molar-refractivity contribution in [2.75, 3.05) is 5.32 Å². The van der Waals surface area contributed by atoms with Crippen LogP contribution in [0.1, 0.15) is 25.7 Å². The van der Waals surface area contributed by atoms with Crippen LogP contribution in [-0.2, 0) is 6.18 Å². The van der Waals surface area contributed by atoms with Gasteiger partial charge in [0.05, 0.1) is 16.1 Å². The first-order valence-electron chi connectivity index (χ1n) is 6.36. The van der Waals surface area contributed by atoms with Crippen molar-refractivity contribution in [3.8, 4) is 11.8 Å². The smallest absolute Gasteiger partial charge is 0.365 e. The van der Waals surface area contributed by atoms with Crippen molar-refractivity contribution in [1.82, 2.24) is 0 Å². The number of benzene rings is 1. The van der Waals surface area contributed by atoms with Crippen LogP contribution in [-0.4, -0.2) is 11.9 Å². The fourth-order valence-electron chi connectivity index (χ4n) is 1.74. The van der Waals surface area contributed by atoms with Crippen LogP contribution in [0.3, 0.4) is 0 Å². The lowest BCUT2D eigenvalue weighted by Gasteiger charge is -2.05. The summed E-state index contributed by atoms with van der Waals surface area (Å²) in [5.74, 6) is 4.61. The third-order valence-electron chi connectivity index (χ3n) is 2.76. The molecular weight excluding hydrogens is 343 g/mol. The molecule has 0 fully saturated rings. The number of nitrogens with two attached hydrogens (primary N) is 2. The number of alkyl halides is 3. The topological polar surface area (TPSA) is 98.2 Å². The molecule has 0 aliphatic carbocycles. The number of carbonyl (C=O) groups excluding carboxylic acids is 2. The van der Waals surface area contributed by atoms with Gasteiger partial charge in [0.2, 0.25) is 0 Å². The van der Waals surface area contributed by atoms with E-state index in [0.29, 0.717) is 10.4 Å². The minimum Gasteiger partial charge on any atom is -0.365 e. The van der Waals surface area contributed by atoms with Crippen molar-refractivity contribution < 1.29 is 22.8 Å². The van der Waals surface area contributed by atoms with Gasteiger partial charge in [0, 0.05) is 5.56 Å². The van der Waals surface area contributed by atoms with E-state index in [1.165, 1.54) is 18.2 Å². The zero-order valence-corrected chi connectivity index (χ0v) is 12.7. The largest absolute Gasteiger partial charge is 0.416 e. The average molecular weight is 353 g/mol. The zero-order valence-electron chi connectivity index (χ0n) is 11.9. The SMILES string of the molecule is NC(=O)Nc1cc(C#Cc2ccc(C(F)(F)F)cc2)sc1C(N)=O. The van der Waals surface area contributed by atoms with Crippen LogP contribution in [0.4, 0.5) is 23.7 Å². The van der Waals surface area contributed by atoms with Gasteiger partial charge < -0.3 is 16.8 Å². The van der Waals surface area contributed by atoms with Gasteiger partial charge in [-0.3, -0.25) is 4.79 Å². The van der Waals surface area contributed by atoms with E-state index in [4.69, 9.17) is 11.5 Å². The van der Waals surface area contributed by atoms with Crippen molar-refractivity contribution in [2.24, 2.45) is 11.5 Å². The molecule has 9 heteroatoms. The fraction of sp³-hybridized carbons (Fsp3) is 0.0667. The number of thiophene rings is 1. The first-order valence-corrected chi connectivity index (χ1v) is 7.18. The molecule has 124 valence electrons. The molecule has 5 nitrogen and oxygen atoms in total. The highest BCUT2D eigenvalue weighted by Crippen LogP contribution is 2.29. The summed E-state index contributed by atoms with van der Waals surface area (Å²) in [5, 5.41) is 2.25. The molecule has 1 heterocycles. The quantitative estimate of drug-likeness (QED) is 0.724. The van der Waals surface area contributed by atoms with E-state index < -0.39 is 23.7 Å². The molecule has 0 atom stereocenters. The van der Waals surface area contributed by atoms with E-state index in [1.54, 1.807) is 0 Å². The number of halogens is 3. The molecule has 0 bridgehead atoms. The third-order valence-corrected chi connectivity index (χ3v) is 3.82. The molecule has 0 saturated carbocycles. The lowest BCUT2D eigenvalue weighted by molar-refractivity contribution is -0.137. The maximum Gasteiger partial charge on any atom is 0.416 e. The summed E-state index contributed by atoms with van der Waals surface area (Å²) in [6.07, 6.45) is -4.41. The maximum absolute atomic E-state index is 12.5. The third kappa shape index (κ3) is 4.27. The van der Waals surface area contributed by atoms with Crippen LogP contribution in [0.15, 0.2) is 30.3 Å². The number of carbonyl (C=O) groups is 2. The average Bonchev–Trinajstić information content (AvgIpc) is 2.87. The lowest BCUT2D eigenvalue weighted by Crippen LogP contribution is -2.21. The summed E-state index contributed by atoms with van der Waals surface area (Å²) < 4.78 is 37.4. The van der Waals surface area contributed by atoms with Crippen molar-refractivity contribution in [1.29, 1.82) is 0 Å². The highest BCUT2D eigenvalue weighted by Gasteiger charge is 2.29. The Kier molecular flexibility index (Phi) is 4.80. The Bertz CT molecular complexity index is 846. The van der Waals surface area contributed by atoms with Crippen molar-refractivity contribution >= 4 is 29.0 Å². The fourth-order valence-corrected chi connectivity index (χ4v) is 2.56. The number of rotatable bonds is 2. The molecule has 0 saturated heterocycles. The number of hydrogen-bond acceptors (Lipinski definition) is 3. The molecule has 1 aromatic heterocycles. The van der Waals surface area contributed by atoms with Crippen LogP contribution in [0, 0.1) is 11.8 Å². The van der Waals surface area contributed by atoms with E-state index in [0.717, 1.165) is 23.5 Å². The van der Waals surface area contributed by atoms with Gasteiger partial charge in [0.25, 0.3) is 5.91 Å². The Morgan fingerprint density at radius 3 is 2.21 bits per heavy atom. The Balaban J connectivity index is 2.27. The standard InChI is InChI=1S/C15H10F3N3O2S/c16-15(17,18)9-4-1-8(2-5-9)3-6-10-7-11(21-14(20)23)12(24-10)13(19)22/h1-2,4-5,7H,(H2,19,22)(H3,20,21,23). The van der Waals surface area contributed by atoms with Crippen LogP contribution >= 0.6 is 11.3 Å². The van der Waals surface area contributed by atoms with Gasteiger partial charge in [-0.1, -0.05) is 11.8 Å². The highest BCUT2D eigenvalue weighted by atomic mass is 32.1. The van der Waals surface area contributed by atoms with Gasteiger partial charge in [-0.05, 0) is 30.3 Å². The van der Waals surface area contributed by atoms with Crippen molar-refractivity contribution in [3.63, 3.8) is 0 Å². The van der Waals surface area contributed by atoms with E-state index in [2.05, 4.69) is 17.2 Å². The second kappa shape index (κ2) is 6.64. The van der Waals surface area contributed by atoms with Crippen molar-refractivity contribution in [2.45, 2.75) is 6.18 Å². The highest BCUT2D eigenvalue weighted by molar-refractivity contribution is 7.15. The zero-order chi connectivity index (χ0) is 17.9. The minimum absolute atomic E-state index is 0.0746. The lowest BCUT2D eigenvalue weighted by atomic mass is 10.1. The second-order valence-electron chi connectivity index (χ2n) is 4.53. The molecule has 1 aromatic carbocycles. The molecular formula is C15H10F3N3O2S. The maximum atomic E-state index is 12.5. The predicted molar refractivity (Wildman–Crippen MR) is 83.5 cm³/mol. The normalized spacial score (nSPS) is 10.6. The van der Waals surface area contributed by atoms with Gasteiger partial charge in [-0.25, -0.2) is 4.79 Å². The van der Waals surface area contributed by atoms with Gasteiger partial charge in [-0.15, -0.1) is 11.3 Å². The second-order valence-corrected chi connectivity index (χ2v) is 5.58. The first kappa shape index (κ1) is 17.4. The van der Waals surface area contributed by atoms with Gasteiger partial charge >= 0.3 is 12.2 Å². The number of urea groups is 1. The Labute approximate surface area is 138 Å². The number of nitrogens with one attached hydrogen (secondary N) is 1. The number of amides is 3. The Morgan fingerprint density at radius 2 is 1.71 bits per heavy atom. The molecule has 0 unspecified atom stereocenters. The number of primary amides is 2. The molecule has 0 radical (unpaired) electrons. The van der Waals surface area contributed by atoms with E-state index in [9.17, 15) is 22.8 Å². The molecule has 3 amide bonds. The molecule has 24 heavy (non-hydrogen) atoms. The summed E-state index contributed by atoms with van der Waals surface area (Å²) in [6.45, 7) is 0. The summed E-state index contributed by atoms with van der Waals surface area (Å²) in [4.78, 5) is 22.7. The van der Waals surface area contributed by atoms with Crippen LogP contribution in [0.5, 0.6) is 0 Å². The van der Waals surface area contributed by atoms with E-state index >= 15 is 0 Å². The minimum atomic E-state index is -4.41. The molecule has 0 aliphatic heterocycles. The van der Waals surface area contributed by atoms with Crippen LogP contribution < -0.4 is 16.8 Å². The predicted octanol–water partition coefficient (Wildman–Crippen LogP) is 2.76. The summed E-state index contributed by atoms with van der Waals surface area (Å²) >= 11 is 0.938. The number of hydrogen-bond donors (Lipinski definition) is 3. The summed E-state index contributed by atoms with van der Waals surface area (Å²) in [6, 6.07) is 4.87. The summed E-state index contributed by atoms with van der Waals surface area (Å²) in [7, 11) is 0. The molecule has 2 rings (SSSR count). The molecule has 5 N–H and O–H groups in total. The van der Waals surface area contributed by atoms with E-state index in [1.807, 2.05) is 0 Å². The molecule has 0 aliphatic rings. The summed E-state index contributed by atoms with van der Waals surface area (Å²) in [5.41, 5.74) is 9.91. The van der Waals surface area contributed by atoms with E-state index in [-0.39, 0.29) is 10.6 Å². The monoisotopic (exact) mass is 353 g/mol. The van der Waals surface area contributed by atoms with Gasteiger partial charge in [0.15, 0.2) is 0 Å². The number of anilines is 1. The first-order chi connectivity index (χ1) is 11.2. The Hall–Kier alpha value is -2.99. The van der Waals surface area contributed by atoms with Gasteiger partial charge in [0.1, 0.15) is 4.88 Å². The Morgan fingerprint density at radius 1 is 1.08 bits per heavy atom. The van der Waals surface area contributed by atoms with Gasteiger partial charge in [-0.2, -0.15) is 13.2 Å².